The van der Waals surface area contributed by atoms with Crippen LogP contribution in [-0.4, -0.2) is 0 Å². The van der Waals surface area contributed by atoms with Crippen LogP contribution in [0.5, 0.6) is 0 Å². The summed E-state index contributed by atoms with van der Waals surface area (Å²) in [6.07, 6.45) is 0. The smallest absolute Gasteiger partial charge is 0.213 e. The normalized spacial score (nSPS) is 8.80. The zero-order valence-electron chi connectivity index (χ0n) is 9.82. The molecule has 2 rings (SSSR count). The molecule has 0 unspecified atom stereocenters. The van der Waals surface area contributed by atoms with Crippen molar-refractivity contribution in [3.05, 3.63) is 58.7 Å². The van der Waals surface area contributed by atoms with Crippen molar-refractivity contribution in [3.63, 3.8) is 0 Å². The van der Waals surface area contributed by atoms with Crippen LogP contribution < -0.4 is 0 Å². The Morgan fingerprint density at radius 2 is 1.80 bits per heavy atom. The van der Waals surface area contributed by atoms with Gasteiger partial charge in [-0.05, 0) is 0 Å². The molecule has 0 amide bonds. The summed E-state index contributed by atoms with van der Waals surface area (Å²) in [4.78, 5) is 0. The third kappa shape index (κ3) is 4.50. The molecule has 0 saturated heterocycles. The summed E-state index contributed by atoms with van der Waals surface area (Å²) in [5.74, 6) is 0. The van der Waals surface area contributed by atoms with Crippen LogP contribution in [0.15, 0.2) is 36.4 Å². The van der Waals surface area contributed by atoms with Gasteiger partial charge in [-0.1, -0.05) is 27.7 Å². The average molecular weight is 242 g/mol. The Morgan fingerprint density at radius 1 is 1.13 bits per heavy atom. The summed E-state index contributed by atoms with van der Waals surface area (Å²) >= 11 is 0. The van der Waals surface area contributed by atoms with E-state index in [9.17, 15) is 0 Å². The van der Waals surface area contributed by atoms with Crippen LogP contribution in [0.2, 0.25) is 0 Å². The Kier molecular flexibility index (Phi) is 6.31. The van der Waals surface area contributed by atoms with Crippen molar-refractivity contribution >= 4 is 0 Å². The van der Waals surface area contributed by atoms with Crippen molar-refractivity contribution in [1.29, 1.82) is 0 Å². The van der Waals surface area contributed by atoms with Crippen LogP contribution >= 0.6 is 0 Å². The zero-order chi connectivity index (χ0) is 10.6. The van der Waals surface area contributed by atoms with Crippen LogP contribution in [0, 0.1) is 27.7 Å². The van der Waals surface area contributed by atoms with Gasteiger partial charge in [0.25, 0.3) is 0 Å². The molecule has 0 fully saturated rings. The molecule has 82 valence electrons. The van der Waals surface area contributed by atoms with Gasteiger partial charge >= 0.3 is 17.1 Å². The van der Waals surface area contributed by atoms with E-state index >= 15 is 0 Å². The van der Waals surface area contributed by atoms with Gasteiger partial charge in [0.15, 0.2) is 0 Å². The summed E-state index contributed by atoms with van der Waals surface area (Å²) in [5.41, 5.74) is 5.59. The minimum Gasteiger partial charge on any atom is -0.213 e. The second-order valence-electron chi connectivity index (χ2n) is 3.79. The van der Waals surface area contributed by atoms with E-state index in [1.165, 1.54) is 22.3 Å². The molecule has 2 aromatic carbocycles. The first kappa shape index (κ1) is 14.2. The monoisotopic (exact) mass is 242 g/mol. The van der Waals surface area contributed by atoms with Crippen LogP contribution in [0.3, 0.4) is 0 Å². The van der Waals surface area contributed by atoms with Crippen molar-refractivity contribution in [3.8, 4) is 0 Å². The molecule has 0 aromatic heterocycles. The molecule has 0 aliphatic carbocycles. The molecule has 0 atom stereocenters. The average Bonchev–Trinajstić information content (AvgIpc) is 2.73. The van der Waals surface area contributed by atoms with Crippen LogP contribution in [0.4, 0.5) is 0 Å². The fourth-order valence-corrected chi connectivity index (χ4v) is 1.28. The molecule has 0 radical (unpaired) electrons. The van der Waals surface area contributed by atoms with E-state index in [0.717, 1.165) is 0 Å². The Balaban J connectivity index is 0.000000253. The van der Waals surface area contributed by atoms with Gasteiger partial charge in [-0.3, -0.25) is 0 Å². The maximum Gasteiger partial charge on any atom is 2.00 e. The molecule has 2 aromatic rings. The molecule has 0 nitrogen and oxygen atoms in total. The number of hydrogen-bond acceptors (Lipinski definition) is 0. The predicted octanol–water partition coefficient (Wildman–Crippen LogP) is 4.04. The zero-order valence-corrected chi connectivity index (χ0v) is 10.9. The minimum atomic E-state index is 0. The van der Waals surface area contributed by atoms with Crippen molar-refractivity contribution in [2.45, 2.75) is 27.7 Å². The molecule has 0 aliphatic heterocycles. The van der Waals surface area contributed by atoms with Crippen LogP contribution in [-0.2, 0) is 17.1 Å². The topological polar surface area (TPSA) is 0 Å². The first-order chi connectivity index (χ1) is 6.61. The molecule has 0 saturated carbocycles. The first-order valence-corrected chi connectivity index (χ1v) is 4.99. The van der Waals surface area contributed by atoms with E-state index in [1.807, 2.05) is 12.1 Å². The van der Waals surface area contributed by atoms with Crippen LogP contribution in [0.25, 0.3) is 0 Å². The summed E-state index contributed by atoms with van der Waals surface area (Å²) < 4.78 is 0. The molecule has 15 heavy (non-hydrogen) atoms. The van der Waals surface area contributed by atoms with E-state index < -0.39 is 0 Å². The number of rotatable bonds is 0. The second-order valence-corrected chi connectivity index (χ2v) is 3.79. The Hall–Kier alpha value is -0.781. The molecular weight excluding hydrogens is 224 g/mol. The van der Waals surface area contributed by atoms with Gasteiger partial charge in [0.05, 0.1) is 0 Å². The SMILES string of the molecule is Cc1cc[c-](C)c1C.Cc1ccc[cH-]1.[Fe+2]. The molecule has 0 bridgehead atoms. The van der Waals surface area contributed by atoms with E-state index in [1.54, 1.807) is 0 Å². The van der Waals surface area contributed by atoms with Crippen LogP contribution in [0.1, 0.15) is 22.3 Å². The van der Waals surface area contributed by atoms with Gasteiger partial charge in [-0.25, -0.2) is 18.2 Å². The van der Waals surface area contributed by atoms with Gasteiger partial charge in [0.2, 0.25) is 0 Å². The van der Waals surface area contributed by atoms with Gasteiger partial charge < -0.3 is 0 Å². The Morgan fingerprint density at radius 3 is 1.93 bits per heavy atom. The second kappa shape index (κ2) is 6.66. The summed E-state index contributed by atoms with van der Waals surface area (Å²) in [6.45, 7) is 8.52. The summed E-state index contributed by atoms with van der Waals surface area (Å²) in [7, 11) is 0. The third-order valence-electron chi connectivity index (χ3n) is 2.60. The molecule has 0 spiro atoms. The van der Waals surface area contributed by atoms with Gasteiger partial charge in [-0.2, -0.15) is 40.5 Å². The van der Waals surface area contributed by atoms with Crippen molar-refractivity contribution in [1.82, 2.24) is 0 Å². The fourth-order valence-electron chi connectivity index (χ4n) is 1.28. The van der Waals surface area contributed by atoms with Gasteiger partial charge in [-0.15, -0.1) is 0 Å². The van der Waals surface area contributed by atoms with E-state index in [2.05, 4.69) is 52.0 Å². The Bertz CT molecular complexity index is 346. The number of aryl methyl sites for hydroxylation is 3. The van der Waals surface area contributed by atoms with Crippen molar-refractivity contribution < 1.29 is 17.1 Å². The van der Waals surface area contributed by atoms with E-state index in [0.29, 0.717) is 0 Å². The van der Waals surface area contributed by atoms with Crippen molar-refractivity contribution in [2.75, 3.05) is 0 Å². The molecule has 0 N–H and O–H groups in total. The van der Waals surface area contributed by atoms with Gasteiger partial charge in [0, 0.05) is 0 Å². The largest absolute Gasteiger partial charge is 2.00 e. The summed E-state index contributed by atoms with van der Waals surface area (Å²) in [5, 5.41) is 0. The molecule has 0 heterocycles. The molecular formula is C14H18Fe. The van der Waals surface area contributed by atoms with E-state index in [4.69, 9.17) is 0 Å². The summed E-state index contributed by atoms with van der Waals surface area (Å²) in [6, 6.07) is 12.6. The van der Waals surface area contributed by atoms with Gasteiger partial charge in [0.1, 0.15) is 0 Å². The maximum atomic E-state index is 2.16. The van der Waals surface area contributed by atoms with Crippen molar-refractivity contribution in [2.24, 2.45) is 0 Å². The predicted molar refractivity (Wildman–Crippen MR) is 63.0 cm³/mol. The third-order valence-corrected chi connectivity index (χ3v) is 2.60. The first-order valence-electron chi connectivity index (χ1n) is 4.99. The number of hydrogen-bond donors (Lipinski definition) is 0. The minimum absolute atomic E-state index is 0. The molecule has 0 aliphatic rings. The molecule has 1 heteroatoms. The van der Waals surface area contributed by atoms with E-state index in [-0.39, 0.29) is 17.1 Å². The quantitative estimate of drug-likeness (QED) is 0.483. The fraction of sp³-hybridized carbons (Fsp3) is 0.286. The maximum absolute atomic E-state index is 2.16. The Labute approximate surface area is 104 Å². The standard InChI is InChI=1S/C8H11.C6H7.Fe/c1-6-4-5-7(2)8(6)3;1-6-4-2-3-5-6;/h4-5H,1-3H3;2-5H,1H3;/q2*-1;+2.